The maximum atomic E-state index is 12.0. The predicted molar refractivity (Wildman–Crippen MR) is 69.2 cm³/mol. The van der Waals surface area contributed by atoms with E-state index in [0.29, 0.717) is 12.3 Å². The first-order valence-electron chi connectivity index (χ1n) is 5.51. The summed E-state index contributed by atoms with van der Waals surface area (Å²) in [5.74, 6) is 0.782. The van der Waals surface area contributed by atoms with Gasteiger partial charge in [-0.05, 0) is 24.1 Å². The van der Waals surface area contributed by atoms with Gasteiger partial charge >= 0.3 is 0 Å². The second-order valence-electron chi connectivity index (χ2n) is 3.75. The van der Waals surface area contributed by atoms with Crippen molar-refractivity contribution in [1.82, 2.24) is 14.9 Å². The number of sulfonamides is 1. The van der Waals surface area contributed by atoms with Crippen LogP contribution in [0.4, 0.5) is 0 Å². The largest absolute Gasteiger partial charge is 0.343 e. The zero-order valence-electron chi connectivity index (χ0n) is 9.91. The van der Waals surface area contributed by atoms with Crippen LogP contribution in [0, 0.1) is 0 Å². The normalized spacial score (nSPS) is 11.6. The van der Waals surface area contributed by atoms with Crippen molar-refractivity contribution in [3.05, 3.63) is 42.0 Å². The number of hydrogen-bond donors (Lipinski definition) is 1. The summed E-state index contributed by atoms with van der Waals surface area (Å²) in [6, 6.07) is 6.57. The Morgan fingerprint density at radius 3 is 2.58 bits per heavy atom. The maximum absolute atomic E-state index is 12.0. The molecule has 0 saturated carbocycles. The van der Waals surface area contributed by atoms with Gasteiger partial charge in [0.05, 0.1) is 11.4 Å². The fourth-order valence-electron chi connectivity index (χ4n) is 1.46. The Kier molecular flexibility index (Phi) is 4.52. The quantitative estimate of drug-likeness (QED) is 0.814. The third-order valence-electron chi connectivity index (χ3n) is 2.44. The topological polar surface area (TPSA) is 85.1 Å². The molecule has 1 aromatic carbocycles. The number of alkyl halides is 1. The molecule has 0 fully saturated rings. The average molecular weight is 302 g/mol. The van der Waals surface area contributed by atoms with Gasteiger partial charge in [0.25, 0.3) is 0 Å². The molecular weight excluding hydrogens is 290 g/mol. The highest BCUT2D eigenvalue weighted by Crippen LogP contribution is 2.11. The van der Waals surface area contributed by atoms with Gasteiger partial charge in [0.15, 0.2) is 5.82 Å². The minimum Gasteiger partial charge on any atom is -0.343 e. The Balaban J connectivity index is 2.06. The van der Waals surface area contributed by atoms with Crippen molar-refractivity contribution < 1.29 is 12.9 Å². The van der Waals surface area contributed by atoms with E-state index in [2.05, 4.69) is 19.4 Å². The highest BCUT2D eigenvalue weighted by Gasteiger charge is 2.14. The van der Waals surface area contributed by atoms with E-state index in [1.165, 1.54) is 0 Å². The van der Waals surface area contributed by atoms with E-state index in [-0.39, 0.29) is 17.3 Å². The fraction of sp³-hybridized carbons (Fsp3) is 0.273. The molecule has 2 aromatic rings. The summed E-state index contributed by atoms with van der Waals surface area (Å²) in [4.78, 5) is 3.92. The minimum atomic E-state index is -3.57. The fourth-order valence-corrected chi connectivity index (χ4v) is 2.66. The van der Waals surface area contributed by atoms with Crippen molar-refractivity contribution in [3.63, 3.8) is 0 Å². The Bertz CT molecular complexity index is 611. The Morgan fingerprint density at radius 1 is 1.26 bits per heavy atom. The van der Waals surface area contributed by atoms with Crippen molar-refractivity contribution in [3.8, 4) is 0 Å². The van der Waals surface area contributed by atoms with Crippen LogP contribution in [0.25, 0.3) is 0 Å². The van der Waals surface area contributed by atoms with E-state index in [9.17, 15) is 8.42 Å². The number of nitrogens with one attached hydrogen (secondary N) is 1. The van der Waals surface area contributed by atoms with E-state index in [1.807, 2.05) is 0 Å². The first-order valence-corrected chi connectivity index (χ1v) is 7.53. The molecule has 0 spiro atoms. The van der Waals surface area contributed by atoms with Crippen LogP contribution in [0.15, 0.2) is 40.1 Å². The van der Waals surface area contributed by atoms with Crippen molar-refractivity contribution in [2.75, 3.05) is 5.88 Å². The van der Waals surface area contributed by atoms with Crippen molar-refractivity contribution in [1.29, 1.82) is 0 Å². The molecule has 1 N–H and O–H groups in total. The molecule has 8 heteroatoms. The molecule has 0 radical (unpaired) electrons. The van der Waals surface area contributed by atoms with Crippen molar-refractivity contribution >= 4 is 21.6 Å². The summed E-state index contributed by atoms with van der Waals surface area (Å²) < 4.78 is 30.9. The van der Waals surface area contributed by atoms with E-state index in [4.69, 9.17) is 11.6 Å². The van der Waals surface area contributed by atoms with Gasteiger partial charge in [-0.15, -0.1) is 11.6 Å². The van der Waals surface area contributed by atoms with Gasteiger partial charge in [-0.3, -0.25) is 0 Å². The van der Waals surface area contributed by atoms with E-state index < -0.39 is 10.0 Å². The number of aromatic nitrogens is 2. The second-order valence-corrected chi connectivity index (χ2v) is 5.90. The molecule has 0 aliphatic rings. The number of hydrogen-bond acceptors (Lipinski definition) is 5. The van der Waals surface area contributed by atoms with E-state index >= 15 is 0 Å². The number of halogens is 1. The van der Waals surface area contributed by atoms with Crippen LogP contribution in [0.5, 0.6) is 0 Å². The number of rotatable bonds is 6. The summed E-state index contributed by atoms with van der Waals surface area (Å²) in [5, 5.41) is 3.52. The summed E-state index contributed by atoms with van der Waals surface area (Å²) >= 11 is 5.62. The molecule has 0 unspecified atom stereocenters. The Hall–Kier alpha value is -1.44. The number of nitrogens with zero attached hydrogens (tertiary/aromatic N) is 2. The van der Waals surface area contributed by atoms with Crippen LogP contribution >= 0.6 is 11.6 Å². The highest BCUT2D eigenvalue weighted by atomic mass is 35.5. The lowest BCUT2D eigenvalue weighted by molar-refractivity contribution is 0.409. The van der Waals surface area contributed by atoms with Gasteiger partial charge in [0.2, 0.25) is 16.4 Å². The van der Waals surface area contributed by atoms with Crippen LogP contribution < -0.4 is 4.72 Å². The minimum absolute atomic E-state index is 0.0116. The van der Waals surface area contributed by atoms with Crippen LogP contribution in [0.1, 0.15) is 11.4 Å². The monoisotopic (exact) mass is 301 g/mol. The van der Waals surface area contributed by atoms with Crippen molar-refractivity contribution in [2.24, 2.45) is 0 Å². The summed E-state index contributed by atoms with van der Waals surface area (Å²) in [6.45, 7) is -0.0116. The van der Waals surface area contributed by atoms with Crippen LogP contribution in [-0.2, 0) is 23.0 Å². The van der Waals surface area contributed by atoms with Crippen LogP contribution in [-0.4, -0.2) is 24.4 Å². The third-order valence-corrected chi connectivity index (χ3v) is 4.05. The molecule has 1 aromatic heterocycles. The number of benzene rings is 1. The maximum Gasteiger partial charge on any atom is 0.240 e. The molecule has 0 atom stereocenters. The van der Waals surface area contributed by atoms with E-state index in [1.54, 1.807) is 24.3 Å². The lowest BCUT2D eigenvalue weighted by atomic mass is 10.2. The zero-order chi connectivity index (χ0) is 13.7. The highest BCUT2D eigenvalue weighted by molar-refractivity contribution is 7.89. The predicted octanol–water partition coefficient (Wildman–Crippen LogP) is 1.33. The first-order chi connectivity index (χ1) is 9.12. The van der Waals surface area contributed by atoms with Gasteiger partial charge in [0.1, 0.15) is 0 Å². The molecule has 0 bridgehead atoms. The molecule has 0 amide bonds. The second kappa shape index (κ2) is 6.14. The van der Waals surface area contributed by atoms with E-state index in [0.717, 1.165) is 12.0 Å². The summed E-state index contributed by atoms with van der Waals surface area (Å²) in [7, 11) is -3.57. The molecule has 102 valence electrons. The smallest absolute Gasteiger partial charge is 0.240 e. The summed E-state index contributed by atoms with van der Waals surface area (Å²) in [5.41, 5.74) is 0.993. The lowest BCUT2D eigenvalue weighted by Gasteiger charge is -2.05. The molecule has 2 rings (SSSR count). The third kappa shape index (κ3) is 3.76. The number of aryl methyl sites for hydroxylation is 1. The molecule has 0 aliphatic heterocycles. The van der Waals surface area contributed by atoms with Gasteiger partial charge in [0, 0.05) is 5.88 Å². The average Bonchev–Trinajstić information content (AvgIpc) is 2.91. The summed E-state index contributed by atoms with van der Waals surface area (Å²) in [6.07, 6.45) is 1.85. The molecule has 0 aliphatic carbocycles. The SMILES string of the molecule is O=S(=O)(NCc1ncon1)c1ccc(CCCl)cc1. The van der Waals surface area contributed by atoms with Crippen molar-refractivity contribution in [2.45, 2.75) is 17.9 Å². The molecular formula is C11H12ClN3O3S. The molecule has 6 nitrogen and oxygen atoms in total. The van der Waals surface area contributed by atoms with Crippen LogP contribution in [0.3, 0.4) is 0 Å². The van der Waals surface area contributed by atoms with Gasteiger partial charge in [-0.2, -0.15) is 4.98 Å². The van der Waals surface area contributed by atoms with Gasteiger partial charge < -0.3 is 4.52 Å². The van der Waals surface area contributed by atoms with Gasteiger partial charge in [-0.25, -0.2) is 13.1 Å². The molecule has 19 heavy (non-hydrogen) atoms. The van der Waals surface area contributed by atoms with Crippen LogP contribution in [0.2, 0.25) is 0 Å². The first kappa shape index (κ1) is 14.0. The standard InChI is InChI=1S/C11H12ClN3O3S/c12-6-5-9-1-3-10(4-2-9)19(16,17)14-7-11-13-8-18-15-11/h1-4,8,14H,5-7H2. The molecule has 0 saturated heterocycles. The zero-order valence-corrected chi connectivity index (χ0v) is 11.5. The Labute approximate surface area is 115 Å². The Morgan fingerprint density at radius 2 is 2.00 bits per heavy atom. The van der Waals surface area contributed by atoms with Gasteiger partial charge in [-0.1, -0.05) is 17.3 Å². The molecule has 1 heterocycles. The lowest BCUT2D eigenvalue weighted by Crippen LogP contribution is -2.23.